The number of anilines is 2. The highest BCUT2D eigenvalue weighted by atomic mass is 16.5. The molecule has 0 bridgehead atoms. The predicted octanol–water partition coefficient (Wildman–Crippen LogP) is 2.98. The number of aliphatic hydroxyl groups is 1. The Kier molecular flexibility index (Phi) is 5.48. The molecule has 0 atom stereocenters. The maximum Gasteiger partial charge on any atom is 0.160 e. The Bertz CT molecular complexity index is 1250. The number of aromatic nitrogens is 5. The number of fused-ring (bicyclic) bond motifs is 3. The van der Waals surface area contributed by atoms with E-state index in [9.17, 15) is 5.11 Å². The van der Waals surface area contributed by atoms with Gasteiger partial charge in [-0.3, -0.25) is 0 Å². The highest BCUT2D eigenvalue weighted by Gasteiger charge is 2.23. The van der Waals surface area contributed by atoms with Gasteiger partial charge in [0.1, 0.15) is 5.75 Å². The summed E-state index contributed by atoms with van der Waals surface area (Å²) in [6.07, 6.45) is 4.93. The molecule has 4 aromatic rings. The van der Waals surface area contributed by atoms with E-state index in [0.717, 1.165) is 71.4 Å². The maximum atomic E-state index is 9.91. The minimum Gasteiger partial charge on any atom is -0.497 e. The fourth-order valence-corrected chi connectivity index (χ4v) is 4.29. The number of ether oxygens (including phenoxy) is 1. The molecule has 9 heteroatoms. The monoisotopic (exact) mass is 433 g/mol. The first kappa shape index (κ1) is 20.4. The van der Waals surface area contributed by atoms with E-state index in [1.54, 1.807) is 7.11 Å². The predicted molar refractivity (Wildman–Crippen MR) is 124 cm³/mol. The van der Waals surface area contributed by atoms with Gasteiger partial charge in [-0.25, -0.2) is 9.67 Å². The molecule has 1 aromatic carbocycles. The van der Waals surface area contributed by atoms with Crippen molar-refractivity contribution in [3.8, 4) is 5.75 Å². The van der Waals surface area contributed by atoms with Gasteiger partial charge in [0.05, 0.1) is 24.8 Å². The number of rotatable bonds is 6. The lowest BCUT2D eigenvalue weighted by Gasteiger charge is -2.31. The second-order valence-corrected chi connectivity index (χ2v) is 8.04. The van der Waals surface area contributed by atoms with Crippen molar-refractivity contribution in [1.82, 2.24) is 25.0 Å². The van der Waals surface area contributed by atoms with Crippen molar-refractivity contribution >= 4 is 33.4 Å². The highest BCUT2D eigenvalue weighted by Crippen LogP contribution is 2.34. The summed E-state index contributed by atoms with van der Waals surface area (Å²) in [6, 6.07) is 7.95. The van der Waals surface area contributed by atoms with Crippen LogP contribution >= 0.6 is 0 Å². The molecule has 0 spiro atoms. The molecular formula is C23H27N7O2. The molecule has 1 fully saturated rings. The molecule has 32 heavy (non-hydrogen) atoms. The van der Waals surface area contributed by atoms with Gasteiger partial charge in [-0.15, -0.1) is 10.2 Å². The van der Waals surface area contributed by atoms with Crippen molar-refractivity contribution in [1.29, 1.82) is 0 Å². The summed E-state index contributed by atoms with van der Waals surface area (Å²) in [7, 11) is 1.67. The van der Waals surface area contributed by atoms with Gasteiger partial charge in [0, 0.05) is 43.1 Å². The Labute approximate surface area is 186 Å². The molecule has 0 radical (unpaired) electrons. The van der Waals surface area contributed by atoms with Crippen LogP contribution in [0.15, 0.2) is 36.7 Å². The SMILES string of the molecule is CCn1ncc2c3c(NCc4cccc(OC)c4)nnc(N4CCC(O)CC4)c3cnc21. The molecule has 5 rings (SSSR count). The summed E-state index contributed by atoms with van der Waals surface area (Å²) < 4.78 is 7.23. The summed E-state index contributed by atoms with van der Waals surface area (Å²) in [4.78, 5) is 6.89. The number of benzene rings is 1. The quantitative estimate of drug-likeness (QED) is 0.479. The zero-order valence-corrected chi connectivity index (χ0v) is 18.3. The Hall–Kier alpha value is -3.46. The van der Waals surface area contributed by atoms with Gasteiger partial charge in [0.25, 0.3) is 0 Å². The van der Waals surface area contributed by atoms with Crippen molar-refractivity contribution in [2.24, 2.45) is 0 Å². The summed E-state index contributed by atoms with van der Waals surface area (Å²) in [5.41, 5.74) is 1.92. The van der Waals surface area contributed by atoms with Crippen molar-refractivity contribution in [2.45, 2.75) is 39.0 Å². The van der Waals surface area contributed by atoms with E-state index in [-0.39, 0.29) is 6.10 Å². The molecule has 9 nitrogen and oxygen atoms in total. The third kappa shape index (κ3) is 3.69. The molecule has 1 aliphatic rings. The number of aryl methyl sites for hydroxylation is 1. The average molecular weight is 434 g/mol. The average Bonchev–Trinajstić information content (AvgIpc) is 3.26. The standard InChI is InChI=1S/C23H27N7O2/c1-3-30-22-19(14-26-30)20-18(13-25-22)23(29-9-7-16(31)8-10-29)28-27-21(20)24-12-15-5-4-6-17(11-15)32-2/h4-6,11,13-14,16,31H,3,7-10,12H2,1-2H3,(H,24,27). The number of hydrogen-bond acceptors (Lipinski definition) is 8. The van der Waals surface area contributed by atoms with Gasteiger partial charge < -0.3 is 20.1 Å². The van der Waals surface area contributed by atoms with E-state index in [0.29, 0.717) is 12.4 Å². The molecule has 1 aliphatic heterocycles. The van der Waals surface area contributed by atoms with E-state index in [4.69, 9.17) is 9.72 Å². The Morgan fingerprint density at radius 3 is 2.78 bits per heavy atom. The van der Waals surface area contributed by atoms with Crippen molar-refractivity contribution < 1.29 is 9.84 Å². The normalized spacial score (nSPS) is 14.9. The van der Waals surface area contributed by atoms with Crippen LogP contribution in [-0.2, 0) is 13.1 Å². The van der Waals surface area contributed by atoms with Gasteiger partial charge in [-0.1, -0.05) is 12.1 Å². The zero-order chi connectivity index (χ0) is 22.1. The number of piperidine rings is 1. The van der Waals surface area contributed by atoms with E-state index >= 15 is 0 Å². The maximum absolute atomic E-state index is 9.91. The first-order valence-electron chi connectivity index (χ1n) is 11.0. The molecule has 2 N–H and O–H groups in total. The van der Waals surface area contributed by atoms with Crippen LogP contribution in [0.5, 0.6) is 5.75 Å². The molecular weight excluding hydrogens is 406 g/mol. The topological polar surface area (TPSA) is 101 Å². The van der Waals surface area contributed by atoms with Crippen molar-refractivity contribution in [2.75, 3.05) is 30.4 Å². The van der Waals surface area contributed by atoms with Gasteiger partial charge in [-0.05, 0) is 37.5 Å². The Balaban J connectivity index is 1.58. The third-order valence-electron chi connectivity index (χ3n) is 6.05. The van der Waals surface area contributed by atoms with Crippen LogP contribution in [0.1, 0.15) is 25.3 Å². The Morgan fingerprint density at radius 1 is 1.16 bits per heavy atom. The molecule has 166 valence electrons. The summed E-state index contributed by atoms with van der Waals surface area (Å²) in [6.45, 7) is 4.86. The molecule has 4 heterocycles. The molecule has 0 unspecified atom stereocenters. The van der Waals surface area contributed by atoms with Gasteiger partial charge in [-0.2, -0.15) is 5.10 Å². The van der Waals surface area contributed by atoms with Crippen molar-refractivity contribution in [3.05, 3.63) is 42.2 Å². The Morgan fingerprint density at radius 2 is 2.00 bits per heavy atom. The van der Waals surface area contributed by atoms with Crippen LogP contribution in [0.3, 0.4) is 0 Å². The summed E-state index contributed by atoms with van der Waals surface area (Å²) in [5, 5.41) is 29.9. The van der Waals surface area contributed by atoms with Crippen LogP contribution in [-0.4, -0.2) is 56.4 Å². The largest absolute Gasteiger partial charge is 0.497 e. The third-order valence-corrected chi connectivity index (χ3v) is 6.05. The number of pyridine rings is 1. The van der Waals surface area contributed by atoms with E-state index in [1.165, 1.54) is 0 Å². The lowest BCUT2D eigenvalue weighted by molar-refractivity contribution is 0.145. The minimum absolute atomic E-state index is 0.248. The summed E-state index contributed by atoms with van der Waals surface area (Å²) in [5.74, 6) is 2.32. The van der Waals surface area contributed by atoms with Gasteiger partial charge in [0.15, 0.2) is 17.3 Å². The van der Waals surface area contributed by atoms with Crippen LogP contribution in [0.2, 0.25) is 0 Å². The fraction of sp³-hybridized carbons (Fsp3) is 0.391. The lowest BCUT2D eigenvalue weighted by Crippen LogP contribution is -2.36. The van der Waals surface area contributed by atoms with Crippen molar-refractivity contribution in [3.63, 3.8) is 0 Å². The van der Waals surface area contributed by atoms with E-state index in [2.05, 4.69) is 32.4 Å². The van der Waals surface area contributed by atoms with E-state index in [1.807, 2.05) is 41.3 Å². The fourth-order valence-electron chi connectivity index (χ4n) is 4.29. The first-order chi connectivity index (χ1) is 15.7. The number of hydrogen-bond donors (Lipinski definition) is 2. The van der Waals surface area contributed by atoms with Crippen LogP contribution in [0.25, 0.3) is 21.8 Å². The van der Waals surface area contributed by atoms with E-state index < -0.39 is 0 Å². The van der Waals surface area contributed by atoms with Gasteiger partial charge >= 0.3 is 0 Å². The second kappa shape index (κ2) is 8.58. The highest BCUT2D eigenvalue weighted by molar-refractivity contribution is 6.13. The van der Waals surface area contributed by atoms with Crippen LogP contribution in [0, 0.1) is 0 Å². The molecule has 1 saturated heterocycles. The molecule has 0 amide bonds. The smallest absolute Gasteiger partial charge is 0.160 e. The zero-order valence-electron chi connectivity index (χ0n) is 18.3. The second-order valence-electron chi connectivity index (χ2n) is 8.04. The first-order valence-corrected chi connectivity index (χ1v) is 11.0. The number of methoxy groups -OCH3 is 1. The summed E-state index contributed by atoms with van der Waals surface area (Å²) >= 11 is 0. The van der Waals surface area contributed by atoms with Gasteiger partial charge in [0.2, 0.25) is 0 Å². The number of nitrogens with one attached hydrogen (secondary N) is 1. The molecule has 0 aliphatic carbocycles. The number of aliphatic hydroxyl groups excluding tert-OH is 1. The molecule has 3 aromatic heterocycles. The van der Waals surface area contributed by atoms with Crippen LogP contribution in [0.4, 0.5) is 11.6 Å². The number of nitrogens with zero attached hydrogens (tertiary/aromatic N) is 6. The lowest BCUT2D eigenvalue weighted by atomic mass is 10.1. The minimum atomic E-state index is -0.248. The van der Waals surface area contributed by atoms with Crippen LogP contribution < -0.4 is 15.0 Å². The molecule has 0 saturated carbocycles.